The minimum absolute atomic E-state index is 0.463. The Morgan fingerprint density at radius 2 is 0.306 bits per heavy atom. The van der Waals surface area contributed by atoms with Crippen molar-refractivity contribution in [3.05, 3.63) is 0 Å². The van der Waals surface area contributed by atoms with Gasteiger partial charge >= 0.3 is 6.16 Å². The van der Waals surface area contributed by atoms with Gasteiger partial charge < -0.3 is 9.47 Å². The molecule has 0 atom stereocenters. The molecule has 62 heavy (non-hydrogen) atoms. The van der Waals surface area contributed by atoms with Gasteiger partial charge in [0.05, 0.1) is 13.2 Å². The molecule has 0 spiro atoms. The monoisotopic (exact) mass is 875 g/mol. The molecule has 0 heterocycles. The zero-order valence-corrected chi connectivity index (χ0v) is 43.3. The molecular formula is C59H118O3. The number of unbranched alkanes of at least 4 members (excludes halogenated alkanes) is 52. The lowest BCUT2D eigenvalue weighted by Crippen LogP contribution is -2.09. The Balaban J connectivity index is 3.14. The molecule has 372 valence electrons. The topological polar surface area (TPSA) is 35.5 Å². The maximum absolute atomic E-state index is 11.9. The van der Waals surface area contributed by atoms with Gasteiger partial charge in [0.2, 0.25) is 0 Å². The van der Waals surface area contributed by atoms with E-state index in [-0.39, 0.29) is 0 Å². The van der Waals surface area contributed by atoms with Gasteiger partial charge in [0.1, 0.15) is 0 Å². The van der Waals surface area contributed by atoms with Crippen LogP contribution in [0.3, 0.4) is 0 Å². The SMILES string of the molecule is CCCCCCCCCCCCCCCCCCCCCCCCCCCCCOC(=O)OCCCCCCCCCCCCCCCCCCCCCCCCCCCCC. The highest BCUT2D eigenvalue weighted by atomic mass is 16.7. The molecule has 0 radical (unpaired) electrons. The molecule has 0 aromatic carbocycles. The van der Waals surface area contributed by atoms with Crippen LogP contribution in [0.5, 0.6) is 0 Å². The number of ether oxygens (including phenoxy) is 2. The molecule has 0 unspecified atom stereocenters. The van der Waals surface area contributed by atoms with Crippen LogP contribution in [0, 0.1) is 0 Å². The first kappa shape index (κ1) is 61.3. The van der Waals surface area contributed by atoms with E-state index in [9.17, 15) is 4.79 Å². The number of rotatable bonds is 56. The summed E-state index contributed by atoms with van der Waals surface area (Å²) in [5.41, 5.74) is 0. The quantitative estimate of drug-likeness (QED) is 0.0451. The molecule has 0 aromatic heterocycles. The average Bonchev–Trinajstić information content (AvgIpc) is 3.28. The van der Waals surface area contributed by atoms with Crippen LogP contribution in [-0.4, -0.2) is 19.4 Å². The molecule has 0 rings (SSSR count). The highest BCUT2D eigenvalue weighted by Gasteiger charge is 2.04. The summed E-state index contributed by atoms with van der Waals surface area (Å²) in [7, 11) is 0. The zero-order valence-electron chi connectivity index (χ0n) is 43.3. The van der Waals surface area contributed by atoms with Crippen molar-refractivity contribution in [3.63, 3.8) is 0 Å². The fourth-order valence-corrected chi connectivity index (χ4v) is 9.54. The molecule has 0 saturated carbocycles. The van der Waals surface area contributed by atoms with Crippen LogP contribution in [0.15, 0.2) is 0 Å². The molecule has 0 aromatic rings. The molecule has 0 saturated heterocycles. The largest absolute Gasteiger partial charge is 0.508 e. The Morgan fingerprint density at radius 1 is 0.194 bits per heavy atom. The Labute approximate surface area is 392 Å². The molecular weight excluding hydrogens is 757 g/mol. The standard InChI is InChI=1S/C59H118O3/c1-3-5-7-9-11-13-15-17-19-21-23-25-27-29-31-33-35-37-39-41-43-45-47-49-51-53-55-57-61-59(60)62-58-56-54-52-50-48-46-44-42-40-38-36-34-32-30-28-26-24-22-20-18-16-14-12-10-8-6-4-2/h3-58H2,1-2H3. The summed E-state index contributed by atoms with van der Waals surface area (Å²) >= 11 is 0. The lowest BCUT2D eigenvalue weighted by molar-refractivity contribution is 0.0529. The summed E-state index contributed by atoms with van der Waals surface area (Å²) < 4.78 is 10.6. The maximum atomic E-state index is 11.9. The lowest BCUT2D eigenvalue weighted by atomic mass is 10.0. The van der Waals surface area contributed by atoms with E-state index in [2.05, 4.69) is 13.8 Å². The molecule has 3 heteroatoms. The molecule has 0 aliphatic rings. The van der Waals surface area contributed by atoms with Gasteiger partial charge in [-0.3, -0.25) is 0 Å². The second-order valence-corrected chi connectivity index (χ2v) is 20.3. The fourth-order valence-electron chi connectivity index (χ4n) is 9.54. The van der Waals surface area contributed by atoms with Gasteiger partial charge in [-0.1, -0.05) is 348 Å². The Kier molecular flexibility index (Phi) is 57.6. The van der Waals surface area contributed by atoms with E-state index in [1.165, 1.54) is 321 Å². The van der Waals surface area contributed by atoms with Crippen molar-refractivity contribution >= 4 is 6.16 Å². The van der Waals surface area contributed by atoms with Crippen molar-refractivity contribution in [2.75, 3.05) is 13.2 Å². The Hall–Kier alpha value is -0.730. The molecule has 0 amide bonds. The van der Waals surface area contributed by atoms with Gasteiger partial charge in [0, 0.05) is 0 Å². The van der Waals surface area contributed by atoms with Crippen LogP contribution in [0.2, 0.25) is 0 Å². The summed E-state index contributed by atoms with van der Waals surface area (Å²) in [6.45, 7) is 5.63. The first-order valence-corrected chi connectivity index (χ1v) is 29.6. The normalized spacial score (nSPS) is 11.5. The lowest BCUT2D eigenvalue weighted by Gasteiger charge is -2.07. The van der Waals surface area contributed by atoms with Crippen LogP contribution < -0.4 is 0 Å². The average molecular weight is 876 g/mol. The third-order valence-corrected chi connectivity index (χ3v) is 13.9. The second kappa shape index (κ2) is 58.3. The van der Waals surface area contributed by atoms with Crippen LogP contribution in [-0.2, 0) is 9.47 Å². The zero-order chi connectivity index (χ0) is 44.6. The number of carbonyl (C=O) groups is 1. The third-order valence-electron chi connectivity index (χ3n) is 13.9. The van der Waals surface area contributed by atoms with Crippen molar-refractivity contribution in [2.24, 2.45) is 0 Å². The van der Waals surface area contributed by atoms with Crippen molar-refractivity contribution in [3.8, 4) is 0 Å². The predicted octanol–water partition coefficient (Wildman–Crippen LogP) is 22.2. The van der Waals surface area contributed by atoms with Gasteiger partial charge in [-0.25, -0.2) is 4.79 Å². The van der Waals surface area contributed by atoms with E-state index >= 15 is 0 Å². The van der Waals surface area contributed by atoms with E-state index < -0.39 is 6.16 Å². The summed E-state index contributed by atoms with van der Waals surface area (Å²) in [4.78, 5) is 11.9. The summed E-state index contributed by atoms with van der Waals surface area (Å²) in [5, 5.41) is 0. The van der Waals surface area contributed by atoms with Gasteiger partial charge in [-0.15, -0.1) is 0 Å². The van der Waals surface area contributed by atoms with Gasteiger partial charge in [0.15, 0.2) is 0 Å². The Bertz CT molecular complexity index is 719. The van der Waals surface area contributed by atoms with Crippen molar-refractivity contribution in [1.29, 1.82) is 0 Å². The van der Waals surface area contributed by atoms with Crippen LogP contribution in [0.25, 0.3) is 0 Å². The van der Waals surface area contributed by atoms with Crippen LogP contribution in [0.1, 0.15) is 361 Å². The number of carbonyl (C=O) groups excluding carboxylic acids is 1. The highest BCUT2D eigenvalue weighted by Crippen LogP contribution is 2.18. The highest BCUT2D eigenvalue weighted by molar-refractivity contribution is 5.59. The third kappa shape index (κ3) is 57.3. The molecule has 0 aliphatic heterocycles. The van der Waals surface area contributed by atoms with Crippen LogP contribution >= 0.6 is 0 Å². The van der Waals surface area contributed by atoms with Crippen molar-refractivity contribution in [1.82, 2.24) is 0 Å². The Morgan fingerprint density at radius 3 is 0.435 bits per heavy atom. The van der Waals surface area contributed by atoms with Gasteiger partial charge in [-0.2, -0.15) is 0 Å². The minimum atomic E-state index is -0.463. The number of hydrogen-bond acceptors (Lipinski definition) is 3. The maximum Gasteiger partial charge on any atom is 0.508 e. The molecule has 0 aliphatic carbocycles. The van der Waals surface area contributed by atoms with E-state index in [0.717, 1.165) is 25.7 Å². The summed E-state index contributed by atoms with van der Waals surface area (Å²) in [6, 6.07) is 0. The van der Waals surface area contributed by atoms with E-state index in [4.69, 9.17) is 9.47 Å². The molecule has 0 fully saturated rings. The van der Waals surface area contributed by atoms with Crippen molar-refractivity contribution in [2.45, 2.75) is 361 Å². The first-order chi connectivity index (χ1) is 30.8. The smallest absolute Gasteiger partial charge is 0.434 e. The summed E-state index contributed by atoms with van der Waals surface area (Å²) in [6.07, 6.45) is 75.5. The van der Waals surface area contributed by atoms with Crippen LogP contribution in [0.4, 0.5) is 4.79 Å². The molecule has 3 nitrogen and oxygen atoms in total. The fraction of sp³-hybridized carbons (Fsp3) is 0.983. The van der Waals surface area contributed by atoms with E-state index in [0.29, 0.717) is 13.2 Å². The number of hydrogen-bond donors (Lipinski definition) is 0. The summed E-state index contributed by atoms with van der Waals surface area (Å²) in [5.74, 6) is 0. The van der Waals surface area contributed by atoms with E-state index in [1.807, 2.05) is 0 Å². The first-order valence-electron chi connectivity index (χ1n) is 29.6. The molecule has 0 N–H and O–H groups in total. The molecule has 0 bridgehead atoms. The van der Waals surface area contributed by atoms with Crippen molar-refractivity contribution < 1.29 is 14.3 Å². The minimum Gasteiger partial charge on any atom is -0.434 e. The predicted molar refractivity (Wildman–Crippen MR) is 278 cm³/mol. The van der Waals surface area contributed by atoms with Gasteiger partial charge in [0.25, 0.3) is 0 Å². The van der Waals surface area contributed by atoms with E-state index in [1.54, 1.807) is 0 Å². The second-order valence-electron chi connectivity index (χ2n) is 20.3. The van der Waals surface area contributed by atoms with Gasteiger partial charge in [-0.05, 0) is 12.8 Å².